The van der Waals surface area contributed by atoms with E-state index in [9.17, 15) is 0 Å². The van der Waals surface area contributed by atoms with Gasteiger partial charge in [0, 0.05) is 0 Å². The molecule has 1 rings (SSSR count). The molecule has 0 fully saturated rings. The normalized spacial score (nSPS) is 22.1. The zero-order chi connectivity index (χ0) is 12.7. The monoisotopic (exact) mass is 299 g/mol. The Morgan fingerprint density at radius 3 is 2.00 bits per heavy atom. The van der Waals surface area contributed by atoms with Crippen molar-refractivity contribution in [2.24, 2.45) is 0 Å². The van der Waals surface area contributed by atoms with Gasteiger partial charge < -0.3 is 0 Å². The van der Waals surface area contributed by atoms with Crippen LogP contribution >= 0.6 is 0 Å². The molecule has 4 heteroatoms. The molecule has 0 aromatic carbocycles. The van der Waals surface area contributed by atoms with Gasteiger partial charge >= 0.3 is 107 Å². The van der Waals surface area contributed by atoms with Crippen LogP contribution in [0.4, 0.5) is 0 Å². The van der Waals surface area contributed by atoms with E-state index in [0.717, 1.165) is 6.85 Å². The molecular formula is C12H28BGeNSi. The summed E-state index contributed by atoms with van der Waals surface area (Å²) in [6, 6.07) is 0. The van der Waals surface area contributed by atoms with Crippen molar-refractivity contribution in [3.05, 3.63) is 10.7 Å². The van der Waals surface area contributed by atoms with Crippen LogP contribution in [0.5, 0.6) is 0 Å². The third kappa shape index (κ3) is 2.23. The first-order valence-electron chi connectivity index (χ1n) is 6.67. The number of hydrogen-bond acceptors (Lipinski definition) is 1. The van der Waals surface area contributed by atoms with E-state index in [1.165, 1.54) is 12.7 Å². The van der Waals surface area contributed by atoms with Crippen molar-refractivity contribution in [1.29, 1.82) is 0 Å². The Hall–Kier alpha value is 0.525. The van der Waals surface area contributed by atoms with E-state index < -0.39 is 21.7 Å². The predicted octanol–water partition coefficient (Wildman–Crippen LogP) is 4.16. The molecule has 0 saturated carbocycles. The van der Waals surface area contributed by atoms with E-state index in [2.05, 4.69) is 54.6 Å². The molecule has 1 heterocycles. The molecule has 16 heavy (non-hydrogen) atoms. The van der Waals surface area contributed by atoms with Crippen LogP contribution in [0, 0.1) is 0 Å². The third-order valence-electron chi connectivity index (χ3n) is 4.21. The fourth-order valence-corrected chi connectivity index (χ4v) is 22.2. The van der Waals surface area contributed by atoms with E-state index in [1.807, 2.05) is 0 Å². The topological polar surface area (TPSA) is 3.24 Å². The molecule has 0 N–H and O–H groups in total. The second kappa shape index (κ2) is 4.66. The summed E-state index contributed by atoms with van der Waals surface area (Å²) in [6.07, 6.45) is 2.56. The predicted molar refractivity (Wildman–Crippen MR) is 81.9 cm³/mol. The van der Waals surface area contributed by atoms with Gasteiger partial charge in [0.05, 0.1) is 0 Å². The SMILES string of the molecule is CCB1C(CC)=C(C)[Si](C)(C)[N]1[Ge]([CH3])([CH3])[CH3]. The average Bonchev–Trinajstić information content (AvgIpc) is 2.33. The van der Waals surface area contributed by atoms with Crippen molar-refractivity contribution in [2.75, 3.05) is 0 Å². The molecule has 0 atom stereocenters. The van der Waals surface area contributed by atoms with Gasteiger partial charge in [-0.25, -0.2) is 0 Å². The van der Waals surface area contributed by atoms with Gasteiger partial charge in [0.2, 0.25) is 0 Å². The Bertz CT molecular complexity index is 307. The molecule has 0 spiro atoms. The first-order chi connectivity index (χ1) is 7.17. The molecule has 0 aliphatic carbocycles. The van der Waals surface area contributed by atoms with E-state index in [4.69, 9.17) is 0 Å². The second-order valence-electron chi connectivity index (χ2n) is 6.53. The molecule has 0 saturated heterocycles. The molecular weight excluding hydrogens is 270 g/mol. The fraction of sp³-hybridized carbons (Fsp3) is 0.833. The molecule has 0 aromatic rings. The van der Waals surface area contributed by atoms with Crippen LogP contribution in [-0.4, -0.2) is 32.0 Å². The van der Waals surface area contributed by atoms with Crippen LogP contribution in [-0.2, 0) is 0 Å². The summed E-state index contributed by atoms with van der Waals surface area (Å²) < 4.78 is 3.03. The van der Waals surface area contributed by atoms with Gasteiger partial charge in [-0.15, -0.1) is 0 Å². The van der Waals surface area contributed by atoms with Crippen LogP contribution in [0.1, 0.15) is 27.2 Å². The molecule has 0 unspecified atom stereocenters. The van der Waals surface area contributed by atoms with Gasteiger partial charge in [-0.05, 0) is 0 Å². The van der Waals surface area contributed by atoms with Crippen molar-refractivity contribution >= 4 is 28.6 Å². The summed E-state index contributed by atoms with van der Waals surface area (Å²) in [4.78, 5) is 0. The van der Waals surface area contributed by atoms with Crippen LogP contribution in [0.15, 0.2) is 10.7 Å². The molecule has 92 valence electrons. The average molecular weight is 298 g/mol. The Morgan fingerprint density at radius 1 is 1.19 bits per heavy atom. The summed E-state index contributed by atoms with van der Waals surface area (Å²) >= 11 is -1.71. The maximum absolute atomic E-state index is 3.03. The zero-order valence-electron chi connectivity index (χ0n) is 12.4. The summed E-state index contributed by atoms with van der Waals surface area (Å²) in [5.41, 5.74) is 1.78. The Labute approximate surface area is 106 Å². The minimum absolute atomic E-state index is 0.784. The summed E-state index contributed by atoms with van der Waals surface area (Å²) in [5, 5.41) is 1.78. The van der Waals surface area contributed by atoms with E-state index in [-0.39, 0.29) is 0 Å². The summed E-state index contributed by atoms with van der Waals surface area (Å²) in [6.45, 7) is 13.0. The number of allylic oxidation sites excluding steroid dienone is 2. The molecule has 0 amide bonds. The van der Waals surface area contributed by atoms with Crippen LogP contribution in [0.3, 0.4) is 0 Å². The van der Waals surface area contributed by atoms with E-state index >= 15 is 0 Å². The Balaban J connectivity index is 3.24. The van der Waals surface area contributed by atoms with Crippen LogP contribution in [0.25, 0.3) is 0 Å². The van der Waals surface area contributed by atoms with Crippen LogP contribution < -0.4 is 0 Å². The van der Waals surface area contributed by atoms with Crippen molar-refractivity contribution < 1.29 is 0 Å². The summed E-state index contributed by atoms with van der Waals surface area (Å²) in [5.74, 6) is 7.68. The van der Waals surface area contributed by atoms with Gasteiger partial charge in [-0.2, -0.15) is 0 Å². The zero-order valence-corrected chi connectivity index (χ0v) is 15.5. The summed E-state index contributed by atoms with van der Waals surface area (Å²) in [7, 11) is -1.28. The molecule has 1 nitrogen and oxygen atoms in total. The van der Waals surface area contributed by atoms with Gasteiger partial charge in [0.1, 0.15) is 0 Å². The minimum atomic E-state index is -1.71. The Kier molecular flexibility index (Phi) is 4.24. The fourth-order valence-electron chi connectivity index (χ4n) is 3.60. The van der Waals surface area contributed by atoms with Gasteiger partial charge in [-0.3, -0.25) is 0 Å². The standard InChI is InChI=1S/C12H28BGeNSi/c1-9-12-11(3)16(7,8)15(13(12)10-2)14(4,5)6/h9-10H2,1-8H3. The molecule has 0 radical (unpaired) electrons. The van der Waals surface area contributed by atoms with Crippen molar-refractivity contribution in [1.82, 2.24) is 3.43 Å². The van der Waals surface area contributed by atoms with Gasteiger partial charge in [0.15, 0.2) is 0 Å². The molecule has 0 bridgehead atoms. The quantitative estimate of drug-likeness (QED) is 0.707. The van der Waals surface area contributed by atoms with Crippen molar-refractivity contribution in [2.45, 2.75) is 63.9 Å². The van der Waals surface area contributed by atoms with E-state index in [1.54, 1.807) is 10.7 Å². The van der Waals surface area contributed by atoms with Crippen molar-refractivity contribution in [3.63, 3.8) is 0 Å². The first kappa shape index (κ1) is 14.6. The number of nitrogens with zero attached hydrogens (tertiary/aromatic N) is 1. The van der Waals surface area contributed by atoms with E-state index in [0.29, 0.717) is 0 Å². The van der Waals surface area contributed by atoms with Gasteiger partial charge in [-0.1, -0.05) is 0 Å². The second-order valence-corrected chi connectivity index (χ2v) is 21.9. The maximum atomic E-state index is 3.03. The Morgan fingerprint density at radius 2 is 1.69 bits per heavy atom. The third-order valence-corrected chi connectivity index (χ3v) is 18.6. The molecule has 0 aromatic heterocycles. The van der Waals surface area contributed by atoms with Crippen molar-refractivity contribution in [3.8, 4) is 0 Å². The number of rotatable bonds is 3. The molecule has 1 aliphatic heterocycles. The first-order valence-corrected chi connectivity index (χ1v) is 16.8. The van der Waals surface area contributed by atoms with Crippen LogP contribution in [0.2, 0.25) is 36.7 Å². The number of hydrogen-bond donors (Lipinski definition) is 0. The molecule has 1 aliphatic rings. The van der Waals surface area contributed by atoms with Gasteiger partial charge in [0.25, 0.3) is 0 Å².